The van der Waals surface area contributed by atoms with Crippen LogP contribution in [0.1, 0.15) is 45.4 Å². The average Bonchev–Trinajstić information content (AvgIpc) is 2.88. The van der Waals surface area contributed by atoms with Gasteiger partial charge < -0.3 is 14.9 Å². The van der Waals surface area contributed by atoms with E-state index in [4.69, 9.17) is 5.11 Å². The lowest BCUT2D eigenvalue weighted by molar-refractivity contribution is -0.141. The van der Waals surface area contributed by atoms with Crippen LogP contribution in [0.2, 0.25) is 0 Å². The molecule has 2 saturated heterocycles. The van der Waals surface area contributed by atoms with Crippen molar-refractivity contribution in [2.24, 2.45) is 5.92 Å². The van der Waals surface area contributed by atoms with Crippen LogP contribution in [0, 0.1) is 5.92 Å². The Kier molecular flexibility index (Phi) is 4.66. The molecule has 0 aromatic heterocycles. The summed E-state index contributed by atoms with van der Waals surface area (Å²) in [6.07, 6.45) is 5.95. The van der Waals surface area contributed by atoms with Gasteiger partial charge in [0.05, 0.1) is 0 Å². The fourth-order valence-electron chi connectivity index (χ4n) is 3.26. The number of amides is 2. The van der Waals surface area contributed by atoms with Crippen molar-refractivity contribution in [2.45, 2.75) is 51.5 Å². The summed E-state index contributed by atoms with van der Waals surface area (Å²) in [7, 11) is 0. The first-order chi connectivity index (χ1) is 9.13. The maximum atomic E-state index is 12.4. The van der Waals surface area contributed by atoms with Crippen LogP contribution in [0.3, 0.4) is 0 Å². The van der Waals surface area contributed by atoms with Crippen LogP contribution in [-0.2, 0) is 4.79 Å². The summed E-state index contributed by atoms with van der Waals surface area (Å²) >= 11 is 0. The molecular formula is C14H24N2O3. The minimum absolute atomic E-state index is 0.0696. The molecule has 108 valence electrons. The van der Waals surface area contributed by atoms with Gasteiger partial charge in [0.15, 0.2) is 0 Å². The predicted octanol–water partition coefficient (Wildman–Crippen LogP) is 2.17. The van der Waals surface area contributed by atoms with E-state index in [-0.39, 0.29) is 6.03 Å². The summed E-state index contributed by atoms with van der Waals surface area (Å²) in [6, 6.07) is -0.680. The van der Waals surface area contributed by atoms with Gasteiger partial charge in [-0.15, -0.1) is 0 Å². The third kappa shape index (κ3) is 3.19. The number of aliphatic carboxylic acids is 1. The van der Waals surface area contributed by atoms with Gasteiger partial charge in [0.25, 0.3) is 0 Å². The van der Waals surface area contributed by atoms with Gasteiger partial charge in [0, 0.05) is 19.6 Å². The minimum atomic E-state index is -0.869. The Morgan fingerprint density at radius 2 is 1.84 bits per heavy atom. The highest BCUT2D eigenvalue weighted by molar-refractivity contribution is 5.83. The molecular weight excluding hydrogens is 244 g/mol. The van der Waals surface area contributed by atoms with Crippen molar-refractivity contribution in [1.29, 1.82) is 0 Å². The van der Waals surface area contributed by atoms with Crippen LogP contribution in [-0.4, -0.2) is 52.6 Å². The molecule has 2 amide bonds. The van der Waals surface area contributed by atoms with Crippen LogP contribution in [0.5, 0.6) is 0 Å². The summed E-state index contributed by atoms with van der Waals surface area (Å²) in [4.78, 5) is 26.9. The number of likely N-dealkylation sites (tertiary alicyclic amines) is 2. The van der Waals surface area contributed by atoms with E-state index in [0.29, 0.717) is 13.0 Å². The van der Waals surface area contributed by atoms with Crippen molar-refractivity contribution in [3.05, 3.63) is 0 Å². The minimum Gasteiger partial charge on any atom is -0.480 e. The van der Waals surface area contributed by atoms with Crippen LogP contribution in [0.15, 0.2) is 0 Å². The standard InChI is InChI=1S/C14H24N2O3/c1-2-4-11-6-9-15(10-7-11)14(19)16-8-3-5-12(16)13(17)18/h11-12H,2-10H2,1H3,(H,17,18)/t12-/m0/s1. The summed E-state index contributed by atoms with van der Waals surface area (Å²) in [5.41, 5.74) is 0. The zero-order chi connectivity index (χ0) is 13.8. The van der Waals surface area contributed by atoms with Crippen LogP contribution < -0.4 is 0 Å². The van der Waals surface area contributed by atoms with Gasteiger partial charge in [-0.1, -0.05) is 19.8 Å². The molecule has 0 saturated carbocycles. The van der Waals surface area contributed by atoms with Gasteiger partial charge in [0.2, 0.25) is 0 Å². The van der Waals surface area contributed by atoms with E-state index in [1.807, 2.05) is 4.90 Å². The molecule has 2 fully saturated rings. The normalized spacial score (nSPS) is 24.8. The number of carbonyl (C=O) groups excluding carboxylic acids is 1. The highest BCUT2D eigenvalue weighted by atomic mass is 16.4. The van der Waals surface area contributed by atoms with E-state index >= 15 is 0 Å². The molecule has 2 heterocycles. The molecule has 0 unspecified atom stereocenters. The molecule has 19 heavy (non-hydrogen) atoms. The monoisotopic (exact) mass is 268 g/mol. The predicted molar refractivity (Wildman–Crippen MR) is 72.0 cm³/mol. The number of piperidine rings is 1. The molecule has 0 aromatic carbocycles. The first-order valence-electron chi connectivity index (χ1n) is 7.41. The first kappa shape index (κ1) is 14.2. The fourth-order valence-corrected chi connectivity index (χ4v) is 3.26. The van der Waals surface area contributed by atoms with Gasteiger partial charge in [0.1, 0.15) is 6.04 Å². The maximum Gasteiger partial charge on any atom is 0.326 e. The largest absolute Gasteiger partial charge is 0.480 e. The summed E-state index contributed by atoms with van der Waals surface area (Å²) in [5.74, 6) is -0.130. The van der Waals surface area contributed by atoms with E-state index in [2.05, 4.69) is 6.92 Å². The van der Waals surface area contributed by atoms with Crippen molar-refractivity contribution in [2.75, 3.05) is 19.6 Å². The highest BCUT2D eigenvalue weighted by Crippen LogP contribution is 2.25. The lowest BCUT2D eigenvalue weighted by Crippen LogP contribution is -2.50. The van der Waals surface area contributed by atoms with E-state index in [9.17, 15) is 9.59 Å². The Labute approximate surface area is 114 Å². The number of nitrogens with zero attached hydrogens (tertiary/aromatic N) is 2. The van der Waals surface area contributed by atoms with Gasteiger partial charge in [-0.3, -0.25) is 0 Å². The summed E-state index contributed by atoms with van der Waals surface area (Å²) < 4.78 is 0. The van der Waals surface area contributed by atoms with E-state index in [1.165, 1.54) is 12.8 Å². The van der Waals surface area contributed by atoms with Crippen LogP contribution in [0.4, 0.5) is 4.79 Å². The summed E-state index contributed by atoms with van der Waals surface area (Å²) in [5, 5.41) is 9.13. The highest BCUT2D eigenvalue weighted by Gasteiger charge is 2.36. The average molecular weight is 268 g/mol. The molecule has 0 aliphatic carbocycles. The van der Waals surface area contributed by atoms with Crippen molar-refractivity contribution in [3.8, 4) is 0 Å². The second-order valence-corrected chi connectivity index (χ2v) is 5.69. The molecule has 1 atom stereocenters. The Bertz CT molecular complexity index is 338. The number of carboxylic acid groups (broad SMARTS) is 1. The molecule has 0 spiro atoms. The second kappa shape index (κ2) is 6.26. The van der Waals surface area contributed by atoms with Gasteiger partial charge in [-0.2, -0.15) is 0 Å². The molecule has 0 radical (unpaired) electrons. The Hall–Kier alpha value is -1.26. The molecule has 2 rings (SSSR count). The maximum absolute atomic E-state index is 12.4. The molecule has 5 nitrogen and oxygen atoms in total. The van der Waals surface area contributed by atoms with Crippen molar-refractivity contribution < 1.29 is 14.7 Å². The van der Waals surface area contributed by atoms with Crippen LogP contribution >= 0.6 is 0 Å². The number of hydrogen-bond acceptors (Lipinski definition) is 2. The number of carboxylic acids is 1. The quantitative estimate of drug-likeness (QED) is 0.853. The third-order valence-electron chi connectivity index (χ3n) is 4.37. The molecule has 5 heteroatoms. The Morgan fingerprint density at radius 3 is 2.42 bits per heavy atom. The van der Waals surface area contributed by atoms with Gasteiger partial charge >= 0.3 is 12.0 Å². The lowest BCUT2D eigenvalue weighted by atomic mass is 9.93. The lowest BCUT2D eigenvalue weighted by Gasteiger charge is -2.35. The zero-order valence-electron chi connectivity index (χ0n) is 11.7. The van der Waals surface area contributed by atoms with Crippen molar-refractivity contribution in [3.63, 3.8) is 0 Å². The zero-order valence-corrected chi connectivity index (χ0v) is 11.7. The topological polar surface area (TPSA) is 60.9 Å². The third-order valence-corrected chi connectivity index (χ3v) is 4.37. The Balaban J connectivity index is 1.89. The number of rotatable bonds is 3. The Morgan fingerprint density at radius 1 is 1.16 bits per heavy atom. The van der Waals surface area contributed by atoms with Crippen molar-refractivity contribution >= 4 is 12.0 Å². The summed E-state index contributed by atoms with van der Waals surface area (Å²) in [6.45, 7) is 4.35. The number of hydrogen-bond donors (Lipinski definition) is 1. The molecule has 2 aliphatic heterocycles. The number of urea groups is 1. The van der Waals surface area contributed by atoms with Crippen molar-refractivity contribution in [1.82, 2.24) is 9.80 Å². The molecule has 1 N–H and O–H groups in total. The smallest absolute Gasteiger partial charge is 0.326 e. The SMILES string of the molecule is CCCC1CCN(C(=O)N2CCC[C@H]2C(=O)O)CC1. The number of carbonyl (C=O) groups is 2. The van der Waals surface area contributed by atoms with Crippen LogP contribution in [0.25, 0.3) is 0 Å². The van der Waals surface area contributed by atoms with E-state index in [1.54, 1.807) is 4.90 Å². The first-order valence-corrected chi connectivity index (χ1v) is 7.41. The molecule has 0 bridgehead atoms. The molecule has 2 aliphatic rings. The molecule has 0 aromatic rings. The van der Waals surface area contributed by atoms with E-state index < -0.39 is 12.0 Å². The fraction of sp³-hybridized carbons (Fsp3) is 0.857. The van der Waals surface area contributed by atoms with Gasteiger partial charge in [-0.25, -0.2) is 9.59 Å². The second-order valence-electron chi connectivity index (χ2n) is 5.69. The van der Waals surface area contributed by atoms with Gasteiger partial charge in [-0.05, 0) is 31.6 Å². The van der Waals surface area contributed by atoms with E-state index in [0.717, 1.165) is 38.3 Å².